The predicted octanol–water partition coefficient (Wildman–Crippen LogP) is 7.39. The van der Waals surface area contributed by atoms with Gasteiger partial charge in [-0.3, -0.25) is 4.79 Å². The van der Waals surface area contributed by atoms with Crippen molar-refractivity contribution in [3.63, 3.8) is 0 Å². The van der Waals surface area contributed by atoms with Gasteiger partial charge in [0.2, 0.25) is 5.91 Å². The first-order valence-corrected chi connectivity index (χ1v) is 13.3. The topological polar surface area (TPSA) is 51.3 Å². The number of carbonyl (C=O) groups excluding carboxylic acids is 1. The van der Waals surface area contributed by atoms with Crippen molar-refractivity contribution in [1.29, 1.82) is 0 Å². The van der Waals surface area contributed by atoms with Gasteiger partial charge in [0.25, 0.3) is 0 Å². The summed E-state index contributed by atoms with van der Waals surface area (Å²) in [6.45, 7) is 1.98. The minimum Gasteiger partial charge on any atom is -0.464 e. The van der Waals surface area contributed by atoms with Gasteiger partial charge in [0.1, 0.15) is 11.4 Å². The van der Waals surface area contributed by atoms with Crippen LogP contribution in [0.2, 0.25) is 0 Å². The van der Waals surface area contributed by atoms with Gasteiger partial charge in [-0.2, -0.15) is 13.2 Å². The first kappa shape index (κ1) is 24.0. The number of hydrogen-bond acceptors (Lipinski definition) is 3. The van der Waals surface area contributed by atoms with Crippen LogP contribution in [0.1, 0.15) is 24.8 Å². The van der Waals surface area contributed by atoms with Crippen LogP contribution in [0.4, 0.5) is 13.2 Å². The molecule has 1 atom stereocenters. The third-order valence-electron chi connectivity index (χ3n) is 7.98. The average molecular weight is 530 g/mol. The van der Waals surface area contributed by atoms with Crippen LogP contribution in [0.15, 0.2) is 77.4 Å². The second kappa shape index (κ2) is 9.00. The summed E-state index contributed by atoms with van der Waals surface area (Å²) in [4.78, 5) is 19.2. The number of rotatable bonds is 5. The molecule has 1 saturated heterocycles. The number of alkyl halides is 3. The number of carbonyl (C=O) groups is 1. The van der Waals surface area contributed by atoms with Crippen molar-refractivity contribution in [3.05, 3.63) is 78.6 Å². The molecule has 0 N–H and O–H groups in total. The quantitative estimate of drug-likeness (QED) is 0.239. The van der Waals surface area contributed by atoms with Crippen LogP contribution in [-0.4, -0.2) is 33.4 Å². The Morgan fingerprint density at radius 1 is 0.974 bits per heavy atom. The van der Waals surface area contributed by atoms with Gasteiger partial charge in [-0.1, -0.05) is 42.5 Å². The Morgan fingerprint density at radius 2 is 1.74 bits per heavy atom. The summed E-state index contributed by atoms with van der Waals surface area (Å²) in [6.07, 6.45) is 0.111. The molecule has 0 radical (unpaired) electrons. The number of benzene rings is 3. The predicted molar refractivity (Wildman–Crippen MR) is 143 cm³/mol. The Labute approximate surface area is 222 Å². The van der Waals surface area contributed by atoms with E-state index in [0.717, 1.165) is 65.6 Å². The van der Waals surface area contributed by atoms with Gasteiger partial charge in [-0.25, -0.2) is 4.98 Å². The van der Waals surface area contributed by atoms with Gasteiger partial charge in [-0.05, 0) is 55.0 Å². The van der Waals surface area contributed by atoms with Crippen LogP contribution in [0, 0.1) is 11.8 Å². The molecule has 1 amide bonds. The molecule has 8 heteroatoms. The molecule has 1 saturated carbocycles. The average Bonchev–Trinajstić information content (AvgIpc) is 3.37. The summed E-state index contributed by atoms with van der Waals surface area (Å²) in [5.41, 5.74) is 3.85. The van der Waals surface area contributed by atoms with Gasteiger partial charge in [0.05, 0.1) is 22.9 Å². The van der Waals surface area contributed by atoms with Crippen LogP contribution in [0.25, 0.3) is 44.5 Å². The maximum absolute atomic E-state index is 13.5. The highest BCUT2D eigenvalue weighted by Gasteiger charge is 2.37. The molecule has 39 heavy (non-hydrogen) atoms. The van der Waals surface area contributed by atoms with Crippen molar-refractivity contribution in [3.8, 4) is 22.5 Å². The number of amides is 1. The highest BCUT2D eigenvalue weighted by molar-refractivity contribution is 5.94. The molecule has 0 unspecified atom stereocenters. The lowest BCUT2D eigenvalue weighted by Crippen LogP contribution is -2.30. The maximum Gasteiger partial charge on any atom is 0.416 e. The molecule has 2 fully saturated rings. The first-order valence-electron chi connectivity index (χ1n) is 13.3. The number of hydrogen-bond donors (Lipinski definition) is 0. The van der Waals surface area contributed by atoms with E-state index in [4.69, 9.17) is 9.40 Å². The number of halogens is 3. The van der Waals surface area contributed by atoms with E-state index < -0.39 is 11.7 Å². The Bertz CT molecular complexity index is 1700. The maximum atomic E-state index is 13.5. The molecule has 3 heterocycles. The van der Waals surface area contributed by atoms with Gasteiger partial charge in [0.15, 0.2) is 0 Å². The Morgan fingerprint density at radius 3 is 2.51 bits per heavy atom. The molecular formula is C31H26F3N3O2. The fraction of sp³-hybridized carbons (Fsp3) is 0.290. The minimum absolute atomic E-state index is 0.181. The fourth-order valence-corrected chi connectivity index (χ4v) is 5.74. The fourth-order valence-electron chi connectivity index (χ4n) is 5.74. The molecule has 1 aliphatic heterocycles. The van der Waals surface area contributed by atoms with Crippen LogP contribution in [0.5, 0.6) is 0 Å². The molecule has 5 nitrogen and oxygen atoms in total. The van der Waals surface area contributed by atoms with Gasteiger partial charge < -0.3 is 13.9 Å². The minimum atomic E-state index is -4.44. The number of likely N-dealkylation sites (tertiary alicyclic amines) is 1. The largest absolute Gasteiger partial charge is 0.464 e. The zero-order valence-corrected chi connectivity index (χ0v) is 21.1. The lowest BCUT2D eigenvalue weighted by Gasteiger charge is -2.18. The monoisotopic (exact) mass is 529 g/mol. The standard InChI is InChI=1S/C31H26F3N3O2/c32-31(33,34)23-11-12-27-26(15-23)35-29(37(27)17-19-13-14-36(16-19)30(38)22-9-10-22)21-7-5-20(6-8-21)25-18-39-28-4-2-1-3-24(25)28/h1-8,11-12,15,18-19,22H,9-10,13-14,16-17H2/t19-/m0/s1. The molecule has 5 aromatic rings. The van der Waals surface area contributed by atoms with E-state index >= 15 is 0 Å². The molecule has 2 aliphatic rings. The number of furan rings is 1. The highest BCUT2D eigenvalue weighted by Crippen LogP contribution is 2.37. The van der Waals surface area contributed by atoms with E-state index in [0.29, 0.717) is 29.9 Å². The van der Waals surface area contributed by atoms with Crippen molar-refractivity contribution < 1.29 is 22.4 Å². The number of aromatic nitrogens is 2. The van der Waals surface area contributed by atoms with Crippen LogP contribution in [-0.2, 0) is 17.5 Å². The van der Waals surface area contributed by atoms with E-state index in [-0.39, 0.29) is 17.7 Å². The van der Waals surface area contributed by atoms with Crippen molar-refractivity contribution >= 4 is 27.9 Å². The lowest BCUT2D eigenvalue weighted by atomic mass is 10.0. The third-order valence-corrected chi connectivity index (χ3v) is 7.98. The zero-order chi connectivity index (χ0) is 26.7. The van der Waals surface area contributed by atoms with Crippen molar-refractivity contribution in [2.24, 2.45) is 11.8 Å². The van der Waals surface area contributed by atoms with Crippen LogP contribution in [0.3, 0.4) is 0 Å². The normalized spacial score (nSPS) is 17.9. The summed E-state index contributed by atoms with van der Waals surface area (Å²) < 4.78 is 48.1. The first-order chi connectivity index (χ1) is 18.8. The number of fused-ring (bicyclic) bond motifs is 2. The lowest BCUT2D eigenvalue weighted by molar-refractivity contribution is -0.137. The summed E-state index contributed by atoms with van der Waals surface area (Å²) in [7, 11) is 0. The van der Waals surface area contributed by atoms with Gasteiger partial charge >= 0.3 is 6.18 Å². The van der Waals surface area contributed by atoms with Crippen molar-refractivity contribution in [2.45, 2.75) is 32.0 Å². The SMILES string of the molecule is O=C(C1CC1)N1CC[C@H](Cn2c(-c3ccc(-c4coc5ccccc45)cc3)nc3cc(C(F)(F)F)ccc32)C1. The molecule has 0 spiro atoms. The van der Waals surface area contributed by atoms with Crippen molar-refractivity contribution in [1.82, 2.24) is 14.5 Å². The number of imidazole rings is 1. The Kier molecular flexibility index (Phi) is 5.54. The smallest absolute Gasteiger partial charge is 0.416 e. The van der Waals surface area contributed by atoms with Crippen molar-refractivity contribution in [2.75, 3.05) is 13.1 Å². The third kappa shape index (κ3) is 4.37. The Balaban J connectivity index is 1.25. The van der Waals surface area contributed by atoms with E-state index in [2.05, 4.69) is 0 Å². The second-order valence-corrected chi connectivity index (χ2v) is 10.7. The summed E-state index contributed by atoms with van der Waals surface area (Å²) in [6, 6.07) is 19.5. The molecular weight excluding hydrogens is 503 g/mol. The van der Waals surface area contributed by atoms with E-state index in [1.54, 1.807) is 6.26 Å². The van der Waals surface area contributed by atoms with E-state index in [1.807, 2.05) is 58.0 Å². The molecule has 0 bridgehead atoms. The summed E-state index contributed by atoms with van der Waals surface area (Å²) in [5.74, 6) is 1.26. The molecule has 198 valence electrons. The number of para-hydroxylation sites is 1. The molecule has 3 aromatic carbocycles. The van der Waals surface area contributed by atoms with E-state index in [9.17, 15) is 18.0 Å². The Hall–Kier alpha value is -4.07. The second-order valence-electron chi connectivity index (χ2n) is 10.7. The van der Waals surface area contributed by atoms with Gasteiger partial charge in [-0.15, -0.1) is 0 Å². The van der Waals surface area contributed by atoms with E-state index in [1.165, 1.54) is 6.07 Å². The molecule has 2 aromatic heterocycles. The molecule has 7 rings (SSSR count). The van der Waals surface area contributed by atoms with Crippen LogP contribution >= 0.6 is 0 Å². The number of nitrogens with zero attached hydrogens (tertiary/aromatic N) is 3. The van der Waals surface area contributed by atoms with Gasteiger partial charge in [0, 0.05) is 42.1 Å². The summed E-state index contributed by atoms with van der Waals surface area (Å²) >= 11 is 0. The van der Waals surface area contributed by atoms with Crippen LogP contribution < -0.4 is 0 Å². The summed E-state index contributed by atoms with van der Waals surface area (Å²) in [5, 5.41) is 1.02. The zero-order valence-electron chi connectivity index (χ0n) is 21.1. The molecule has 1 aliphatic carbocycles. The highest BCUT2D eigenvalue weighted by atomic mass is 19.4.